The number of aromatic nitrogens is 6. The predicted molar refractivity (Wildman–Crippen MR) is 203 cm³/mol. The molecule has 0 radical (unpaired) electrons. The van der Waals surface area contributed by atoms with Crippen LogP contribution in [0.2, 0.25) is 0 Å². The largest absolute Gasteiger partial charge is 0.308 e. The molecule has 0 fully saturated rings. The van der Waals surface area contributed by atoms with E-state index in [-0.39, 0.29) is 0 Å². The lowest BCUT2D eigenvalue weighted by Crippen LogP contribution is -2.00. The zero-order valence-electron chi connectivity index (χ0n) is 26.8. The molecular formula is C44H28N6. The van der Waals surface area contributed by atoms with Gasteiger partial charge in [-0.15, -0.1) is 0 Å². The Morgan fingerprint density at radius 3 is 1.80 bits per heavy atom. The quantitative estimate of drug-likeness (QED) is 0.188. The number of benzene rings is 4. The van der Waals surface area contributed by atoms with Crippen LogP contribution in [0.4, 0.5) is 0 Å². The van der Waals surface area contributed by atoms with Crippen molar-refractivity contribution < 1.29 is 0 Å². The van der Waals surface area contributed by atoms with Gasteiger partial charge in [0, 0.05) is 51.4 Å². The second-order valence-electron chi connectivity index (χ2n) is 12.4. The zero-order valence-corrected chi connectivity index (χ0v) is 26.8. The highest BCUT2D eigenvalue weighted by atomic mass is 15.0. The summed E-state index contributed by atoms with van der Waals surface area (Å²) >= 11 is 0. The maximum atomic E-state index is 5.07. The first-order chi connectivity index (χ1) is 24.8. The van der Waals surface area contributed by atoms with E-state index in [4.69, 9.17) is 9.97 Å². The van der Waals surface area contributed by atoms with E-state index in [1.54, 1.807) is 0 Å². The first kappa shape index (κ1) is 28.1. The van der Waals surface area contributed by atoms with Crippen LogP contribution in [-0.2, 0) is 0 Å². The molecule has 0 saturated carbocycles. The van der Waals surface area contributed by atoms with Crippen LogP contribution in [0.25, 0.3) is 89.0 Å². The molecule has 4 aromatic carbocycles. The second-order valence-corrected chi connectivity index (χ2v) is 12.4. The SMILES string of the molecule is c1ccc(-n2c3ccc(-c4cccc5c6ccccc6n(-c6cc(-c7ccccn7)nc(-c7ccccn7)c6)c45)cc3c3cccnc32)cc1. The number of hydrogen-bond acceptors (Lipinski definition) is 4. The summed E-state index contributed by atoms with van der Waals surface area (Å²) in [6.07, 6.45) is 5.49. The molecule has 0 spiro atoms. The minimum atomic E-state index is 0.787. The number of pyridine rings is 4. The lowest BCUT2D eigenvalue weighted by molar-refractivity contribution is 1.14. The summed E-state index contributed by atoms with van der Waals surface area (Å²) in [5.74, 6) is 0. The van der Waals surface area contributed by atoms with Gasteiger partial charge in [-0.2, -0.15) is 0 Å². The van der Waals surface area contributed by atoms with E-state index in [2.05, 4.69) is 122 Å². The zero-order chi connectivity index (χ0) is 33.0. The summed E-state index contributed by atoms with van der Waals surface area (Å²) in [5.41, 5.74) is 11.8. The summed E-state index contributed by atoms with van der Waals surface area (Å²) in [7, 11) is 0. The highest BCUT2D eigenvalue weighted by molar-refractivity contribution is 6.15. The van der Waals surface area contributed by atoms with Crippen molar-refractivity contribution in [3.63, 3.8) is 0 Å². The molecule has 10 rings (SSSR count). The molecule has 0 atom stereocenters. The average molecular weight is 641 g/mol. The van der Waals surface area contributed by atoms with Gasteiger partial charge in [-0.05, 0) is 84.4 Å². The third-order valence-corrected chi connectivity index (χ3v) is 9.47. The van der Waals surface area contributed by atoms with Gasteiger partial charge in [0.05, 0.1) is 45.0 Å². The lowest BCUT2D eigenvalue weighted by atomic mass is 10.00. The Hall–Kier alpha value is -6.92. The fourth-order valence-corrected chi connectivity index (χ4v) is 7.31. The maximum Gasteiger partial charge on any atom is 0.145 e. The van der Waals surface area contributed by atoms with Gasteiger partial charge < -0.3 is 4.57 Å². The Morgan fingerprint density at radius 2 is 1.04 bits per heavy atom. The number of hydrogen-bond donors (Lipinski definition) is 0. The molecule has 0 bridgehead atoms. The standard InChI is InChI=1S/C44H28N6/c1-2-12-30(13-3-1)50-42-22-21-29(26-36(42)35-17-11-25-47-44(35)50)32-15-10-16-34-33-14-4-5-20-41(33)49(43(32)34)31-27-39(37-18-6-8-23-45-37)48-40(28-31)38-19-7-9-24-46-38/h1-28H. The molecule has 234 valence electrons. The van der Waals surface area contributed by atoms with Crippen molar-refractivity contribution in [2.45, 2.75) is 0 Å². The molecule has 0 N–H and O–H groups in total. The summed E-state index contributed by atoms with van der Waals surface area (Å²) in [6.45, 7) is 0. The van der Waals surface area contributed by atoms with Gasteiger partial charge in [0.25, 0.3) is 0 Å². The van der Waals surface area contributed by atoms with Crippen LogP contribution < -0.4 is 0 Å². The average Bonchev–Trinajstić information content (AvgIpc) is 3.71. The predicted octanol–water partition coefficient (Wildman–Crippen LogP) is 10.5. The van der Waals surface area contributed by atoms with Crippen molar-refractivity contribution in [1.82, 2.24) is 29.1 Å². The van der Waals surface area contributed by atoms with Crippen molar-refractivity contribution in [3.8, 4) is 45.3 Å². The minimum Gasteiger partial charge on any atom is -0.308 e. The smallest absolute Gasteiger partial charge is 0.145 e. The van der Waals surface area contributed by atoms with Gasteiger partial charge in [-0.1, -0.05) is 72.8 Å². The van der Waals surface area contributed by atoms with Gasteiger partial charge >= 0.3 is 0 Å². The molecule has 0 aliphatic carbocycles. The van der Waals surface area contributed by atoms with E-state index in [9.17, 15) is 0 Å². The van der Waals surface area contributed by atoms with Gasteiger partial charge in [0.1, 0.15) is 5.65 Å². The van der Waals surface area contributed by atoms with Crippen LogP contribution >= 0.6 is 0 Å². The Morgan fingerprint density at radius 1 is 0.380 bits per heavy atom. The van der Waals surface area contributed by atoms with E-state index >= 15 is 0 Å². The molecule has 6 aromatic heterocycles. The summed E-state index contributed by atoms with van der Waals surface area (Å²) in [5, 5.41) is 4.65. The minimum absolute atomic E-state index is 0.787. The summed E-state index contributed by atoms with van der Waals surface area (Å²) in [6, 6.07) is 52.8. The van der Waals surface area contributed by atoms with Crippen molar-refractivity contribution in [2.75, 3.05) is 0 Å². The molecule has 50 heavy (non-hydrogen) atoms. The molecule has 0 amide bonds. The molecule has 0 aliphatic heterocycles. The Kier molecular flexibility index (Phi) is 6.39. The van der Waals surface area contributed by atoms with Crippen LogP contribution in [0.5, 0.6) is 0 Å². The van der Waals surface area contributed by atoms with Gasteiger partial charge in [-0.25, -0.2) is 9.97 Å². The van der Waals surface area contributed by atoms with Crippen molar-refractivity contribution >= 4 is 43.7 Å². The third kappa shape index (κ3) is 4.43. The molecule has 6 heterocycles. The maximum absolute atomic E-state index is 5.07. The van der Waals surface area contributed by atoms with Gasteiger partial charge in [-0.3, -0.25) is 14.5 Å². The Bertz CT molecular complexity index is 2800. The molecule has 6 heteroatoms. The van der Waals surface area contributed by atoms with Gasteiger partial charge in [0.15, 0.2) is 0 Å². The Labute approximate surface area is 287 Å². The van der Waals surface area contributed by atoms with Crippen LogP contribution in [0.3, 0.4) is 0 Å². The summed E-state index contributed by atoms with van der Waals surface area (Å²) in [4.78, 5) is 19.3. The van der Waals surface area contributed by atoms with Crippen LogP contribution in [0.1, 0.15) is 0 Å². The van der Waals surface area contributed by atoms with E-state index in [0.29, 0.717) is 0 Å². The topological polar surface area (TPSA) is 61.4 Å². The molecule has 0 aliphatic rings. The highest BCUT2D eigenvalue weighted by Crippen LogP contribution is 2.41. The van der Waals surface area contributed by atoms with Crippen LogP contribution in [0, 0.1) is 0 Å². The monoisotopic (exact) mass is 640 g/mol. The normalized spacial score (nSPS) is 11.6. The van der Waals surface area contributed by atoms with E-state index < -0.39 is 0 Å². The van der Waals surface area contributed by atoms with Crippen molar-refractivity contribution in [2.24, 2.45) is 0 Å². The number of nitrogens with zero attached hydrogens (tertiary/aromatic N) is 6. The molecule has 0 saturated heterocycles. The summed E-state index contributed by atoms with van der Waals surface area (Å²) < 4.78 is 4.63. The first-order valence-electron chi connectivity index (χ1n) is 16.6. The van der Waals surface area contributed by atoms with Gasteiger partial charge in [0.2, 0.25) is 0 Å². The Balaban J connectivity index is 1.27. The highest BCUT2D eigenvalue weighted by Gasteiger charge is 2.20. The fourth-order valence-electron chi connectivity index (χ4n) is 7.31. The lowest BCUT2D eigenvalue weighted by Gasteiger charge is -2.15. The van der Waals surface area contributed by atoms with Crippen LogP contribution in [0.15, 0.2) is 170 Å². The first-order valence-corrected chi connectivity index (χ1v) is 16.6. The fraction of sp³-hybridized carbons (Fsp3) is 0. The second kappa shape index (κ2) is 11.4. The van der Waals surface area contributed by atoms with E-state index in [1.165, 1.54) is 10.8 Å². The van der Waals surface area contributed by atoms with Crippen molar-refractivity contribution in [3.05, 3.63) is 170 Å². The number of fused-ring (bicyclic) bond motifs is 6. The number of rotatable bonds is 5. The van der Waals surface area contributed by atoms with E-state index in [0.717, 1.165) is 78.2 Å². The molecule has 0 unspecified atom stereocenters. The molecular weight excluding hydrogens is 613 g/mol. The molecule has 6 nitrogen and oxygen atoms in total. The molecule has 10 aromatic rings. The van der Waals surface area contributed by atoms with Crippen LogP contribution in [-0.4, -0.2) is 29.1 Å². The van der Waals surface area contributed by atoms with Crippen molar-refractivity contribution in [1.29, 1.82) is 0 Å². The number of para-hydroxylation sites is 3. The van der Waals surface area contributed by atoms with E-state index in [1.807, 2.05) is 67.1 Å². The third-order valence-electron chi connectivity index (χ3n) is 9.47.